The zero-order valence-electron chi connectivity index (χ0n) is 8.24. The summed E-state index contributed by atoms with van der Waals surface area (Å²) in [6.07, 6.45) is 0. The Labute approximate surface area is 81.7 Å². The van der Waals surface area contributed by atoms with Gasteiger partial charge in [-0.1, -0.05) is 0 Å². The van der Waals surface area contributed by atoms with Gasteiger partial charge < -0.3 is 16.0 Å². The number of amides is 1. The Morgan fingerprint density at radius 2 is 2.43 bits per heavy atom. The van der Waals surface area contributed by atoms with Crippen LogP contribution in [0.3, 0.4) is 0 Å². The fourth-order valence-corrected chi connectivity index (χ4v) is 0.932. The Kier molecular flexibility index (Phi) is 3.41. The van der Waals surface area contributed by atoms with Gasteiger partial charge in [0.2, 0.25) is 11.8 Å². The zero-order valence-corrected chi connectivity index (χ0v) is 8.24. The van der Waals surface area contributed by atoms with E-state index in [1.807, 2.05) is 7.05 Å². The lowest BCUT2D eigenvalue weighted by Crippen LogP contribution is -2.33. The van der Waals surface area contributed by atoms with Crippen LogP contribution in [-0.4, -0.2) is 53.2 Å². The molecule has 0 fully saturated rings. The SMILES string of the molecule is CNCCN(C)C(=O)c1nc(N)n[nH]1. The highest BCUT2D eigenvalue weighted by Gasteiger charge is 2.14. The van der Waals surface area contributed by atoms with Gasteiger partial charge in [0.05, 0.1) is 0 Å². The van der Waals surface area contributed by atoms with Crippen molar-refractivity contribution in [2.24, 2.45) is 0 Å². The minimum Gasteiger partial charge on any atom is -0.366 e. The van der Waals surface area contributed by atoms with Gasteiger partial charge in [-0.15, -0.1) is 5.10 Å². The summed E-state index contributed by atoms with van der Waals surface area (Å²) < 4.78 is 0. The second kappa shape index (κ2) is 4.56. The van der Waals surface area contributed by atoms with E-state index in [2.05, 4.69) is 20.5 Å². The molecule has 0 aliphatic heterocycles. The van der Waals surface area contributed by atoms with Gasteiger partial charge in [-0.2, -0.15) is 4.98 Å². The van der Waals surface area contributed by atoms with E-state index in [9.17, 15) is 4.79 Å². The number of carbonyl (C=O) groups is 1. The van der Waals surface area contributed by atoms with Crippen molar-refractivity contribution in [2.75, 3.05) is 32.9 Å². The Hall–Kier alpha value is -1.63. The molecule has 0 radical (unpaired) electrons. The molecule has 0 aliphatic rings. The molecule has 7 nitrogen and oxygen atoms in total. The predicted molar refractivity (Wildman–Crippen MR) is 51.7 cm³/mol. The van der Waals surface area contributed by atoms with Crippen LogP contribution in [0.1, 0.15) is 10.6 Å². The molecule has 0 atom stereocenters. The Morgan fingerprint density at radius 1 is 1.71 bits per heavy atom. The van der Waals surface area contributed by atoms with Crippen LogP contribution < -0.4 is 11.1 Å². The zero-order chi connectivity index (χ0) is 10.6. The summed E-state index contributed by atoms with van der Waals surface area (Å²) in [6.45, 7) is 1.34. The van der Waals surface area contributed by atoms with Crippen LogP contribution in [0, 0.1) is 0 Å². The van der Waals surface area contributed by atoms with Gasteiger partial charge >= 0.3 is 0 Å². The maximum absolute atomic E-state index is 11.6. The molecule has 0 aliphatic carbocycles. The molecule has 0 unspecified atom stereocenters. The van der Waals surface area contributed by atoms with Gasteiger partial charge in [0.25, 0.3) is 5.91 Å². The number of aromatic nitrogens is 3. The molecular formula is C7H14N6O. The number of nitrogens with two attached hydrogens (primary N) is 1. The standard InChI is InChI=1S/C7H14N6O/c1-9-3-4-13(2)6(14)5-10-7(8)12-11-5/h9H,3-4H2,1-2H3,(H3,8,10,11,12). The lowest BCUT2D eigenvalue weighted by Gasteiger charge is -2.14. The molecule has 0 aromatic carbocycles. The monoisotopic (exact) mass is 198 g/mol. The lowest BCUT2D eigenvalue weighted by atomic mass is 10.4. The average molecular weight is 198 g/mol. The fourth-order valence-electron chi connectivity index (χ4n) is 0.932. The second-order valence-electron chi connectivity index (χ2n) is 2.87. The number of H-pyrrole nitrogens is 1. The number of hydrogen-bond donors (Lipinski definition) is 3. The summed E-state index contributed by atoms with van der Waals surface area (Å²) in [7, 11) is 3.52. The molecule has 1 aromatic rings. The van der Waals surface area contributed by atoms with Crippen molar-refractivity contribution in [1.82, 2.24) is 25.4 Å². The number of nitrogens with zero attached hydrogens (tertiary/aromatic N) is 3. The van der Waals surface area contributed by atoms with Crippen molar-refractivity contribution in [3.63, 3.8) is 0 Å². The Balaban J connectivity index is 2.56. The number of anilines is 1. The van der Waals surface area contributed by atoms with Crippen molar-refractivity contribution in [2.45, 2.75) is 0 Å². The molecule has 0 bridgehead atoms. The summed E-state index contributed by atoms with van der Waals surface area (Å²) in [5, 5.41) is 8.99. The molecule has 1 heterocycles. The smallest absolute Gasteiger partial charge is 0.291 e. The largest absolute Gasteiger partial charge is 0.366 e. The van der Waals surface area contributed by atoms with E-state index in [0.29, 0.717) is 6.54 Å². The number of carbonyl (C=O) groups excluding carboxylic acids is 1. The number of nitrogens with one attached hydrogen (secondary N) is 2. The maximum Gasteiger partial charge on any atom is 0.291 e. The number of hydrogen-bond acceptors (Lipinski definition) is 5. The summed E-state index contributed by atoms with van der Waals surface area (Å²) in [5.74, 6) is 0.0286. The van der Waals surface area contributed by atoms with Crippen LogP contribution in [0.5, 0.6) is 0 Å². The minimum absolute atomic E-state index is 0.0790. The fraction of sp³-hybridized carbons (Fsp3) is 0.571. The van der Waals surface area contributed by atoms with E-state index in [-0.39, 0.29) is 17.7 Å². The molecule has 1 rings (SSSR count). The molecule has 0 spiro atoms. The van der Waals surface area contributed by atoms with Gasteiger partial charge in [-0.3, -0.25) is 9.89 Å². The summed E-state index contributed by atoms with van der Waals surface area (Å²) in [6, 6.07) is 0. The van der Waals surface area contributed by atoms with Crippen LogP contribution in [0.4, 0.5) is 5.95 Å². The van der Waals surface area contributed by atoms with E-state index in [4.69, 9.17) is 5.73 Å². The van der Waals surface area contributed by atoms with E-state index >= 15 is 0 Å². The normalized spacial score (nSPS) is 10.1. The molecule has 0 saturated carbocycles. The van der Waals surface area contributed by atoms with E-state index in [0.717, 1.165) is 6.54 Å². The van der Waals surface area contributed by atoms with Gasteiger partial charge in [0.15, 0.2) is 0 Å². The first-order valence-electron chi connectivity index (χ1n) is 4.23. The molecule has 78 valence electrons. The Bertz CT molecular complexity index is 309. The van der Waals surface area contributed by atoms with E-state index in [1.54, 1.807) is 7.05 Å². The van der Waals surface area contributed by atoms with Gasteiger partial charge in [0, 0.05) is 20.1 Å². The van der Waals surface area contributed by atoms with Crippen LogP contribution >= 0.6 is 0 Å². The van der Waals surface area contributed by atoms with E-state index < -0.39 is 0 Å². The number of rotatable bonds is 4. The first-order chi connectivity index (χ1) is 6.65. The molecule has 0 saturated heterocycles. The summed E-state index contributed by atoms with van der Waals surface area (Å²) >= 11 is 0. The molecule has 1 amide bonds. The molecule has 14 heavy (non-hydrogen) atoms. The molecule has 4 N–H and O–H groups in total. The van der Waals surface area contributed by atoms with Crippen LogP contribution in [0.25, 0.3) is 0 Å². The van der Waals surface area contributed by atoms with Gasteiger partial charge in [-0.25, -0.2) is 0 Å². The van der Waals surface area contributed by atoms with Crippen LogP contribution in [0.15, 0.2) is 0 Å². The highest BCUT2D eigenvalue weighted by molar-refractivity contribution is 5.90. The quantitative estimate of drug-likeness (QED) is 0.557. The number of aromatic amines is 1. The summed E-state index contributed by atoms with van der Waals surface area (Å²) in [4.78, 5) is 16.9. The topological polar surface area (TPSA) is 99.9 Å². The minimum atomic E-state index is -0.218. The van der Waals surface area contributed by atoms with Gasteiger partial charge in [-0.05, 0) is 7.05 Å². The third-order valence-corrected chi connectivity index (χ3v) is 1.75. The third kappa shape index (κ3) is 2.43. The lowest BCUT2D eigenvalue weighted by molar-refractivity contribution is 0.0785. The van der Waals surface area contributed by atoms with Crippen molar-refractivity contribution < 1.29 is 4.79 Å². The van der Waals surface area contributed by atoms with Crippen LogP contribution in [-0.2, 0) is 0 Å². The Morgan fingerprint density at radius 3 is 2.93 bits per heavy atom. The van der Waals surface area contributed by atoms with Crippen molar-refractivity contribution in [3.8, 4) is 0 Å². The first-order valence-corrected chi connectivity index (χ1v) is 4.23. The maximum atomic E-state index is 11.6. The van der Waals surface area contributed by atoms with Crippen molar-refractivity contribution in [3.05, 3.63) is 5.82 Å². The van der Waals surface area contributed by atoms with Crippen molar-refractivity contribution >= 4 is 11.9 Å². The average Bonchev–Trinajstić information content (AvgIpc) is 2.60. The predicted octanol–water partition coefficient (Wildman–Crippen LogP) is -1.32. The molecular weight excluding hydrogens is 184 g/mol. The first kappa shape index (κ1) is 10.5. The highest BCUT2D eigenvalue weighted by atomic mass is 16.2. The number of likely N-dealkylation sites (N-methyl/N-ethyl adjacent to an activating group) is 2. The third-order valence-electron chi connectivity index (χ3n) is 1.75. The second-order valence-corrected chi connectivity index (χ2v) is 2.87. The van der Waals surface area contributed by atoms with Crippen LogP contribution in [0.2, 0.25) is 0 Å². The van der Waals surface area contributed by atoms with Crippen molar-refractivity contribution in [1.29, 1.82) is 0 Å². The number of nitrogen functional groups attached to an aromatic ring is 1. The highest BCUT2D eigenvalue weighted by Crippen LogP contribution is 1.97. The van der Waals surface area contributed by atoms with Gasteiger partial charge in [0.1, 0.15) is 0 Å². The molecule has 7 heteroatoms. The summed E-state index contributed by atoms with van der Waals surface area (Å²) in [5.41, 5.74) is 5.28. The van der Waals surface area contributed by atoms with E-state index in [1.165, 1.54) is 4.90 Å². The molecule has 1 aromatic heterocycles.